The number of nitrogens with one attached hydrogen (secondary N) is 1. The first-order valence-electron chi connectivity index (χ1n) is 7.34. The lowest BCUT2D eigenvalue weighted by Crippen LogP contribution is -2.61. The Kier molecular flexibility index (Phi) is 3.14. The molecule has 0 bridgehead atoms. The van der Waals surface area contributed by atoms with E-state index in [9.17, 15) is 0 Å². The van der Waals surface area contributed by atoms with Crippen molar-refractivity contribution in [2.45, 2.75) is 12.6 Å². The molecule has 106 valence electrons. The van der Waals surface area contributed by atoms with Crippen molar-refractivity contribution in [1.29, 1.82) is 0 Å². The molecule has 4 heterocycles. The fourth-order valence-corrected chi connectivity index (χ4v) is 3.00. The maximum absolute atomic E-state index is 4.57. The molecule has 6 nitrogen and oxygen atoms in total. The Labute approximate surface area is 118 Å². The van der Waals surface area contributed by atoms with Crippen LogP contribution >= 0.6 is 0 Å². The third kappa shape index (κ3) is 2.30. The molecule has 2 aromatic rings. The van der Waals surface area contributed by atoms with Gasteiger partial charge in [-0.05, 0) is 6.07 Å². The van der Waals surface area contributed by atoms with Crippen molar-refractivity contribution in [1.82, 2.24) is 29.5 Å². The molecule has 4 rings (SSSR count). The smallest absolute Gasteiger partial charge is 0.233 e. The number of fused-ring (bicyclic) bond motifs is 1. The van der Waals surface area contributed by atoms with Gasteiger partial charge in [0.05, 0.1) is 5.69 Å². The topological polar surface area (TPSA) is 48.7 Å². The van der Waals surface area contributed by atoms with Crippen LogP contribution in [0.3, 0.4) is 0 Å². The van der Waals surface area contributed by atoms with Crippen LogP contribution in [0.25, 0.3) is 5.78 Å². The number of aromatic nitrogens is 3. The maximum atomic E-state index is 4.57. The number of hydrogen-bond donors (Lipinski definition) is 1. The summed E-state index contributed by atoms with van der Waals surface area (Å²) in [5, 5.41) is 3.35. The summed E-state index contributed by atoms with van der Waals surface area (Å²) in [7, 11) is 0. The highest BCUT2D eigenvalue weighted by atomic mass is 15.3. The normalized spacial score (nSPS) is 22.2. The Morgan fingerprint density at radius 2 is 2.05 bits per heavy atom. The Morgan fingerprint density at radius 3 is 2.75 bits per heavy atom. The van der Waals surface area contributed by atoms with Crippen LogP contribution in [-0.2, 0) is 6.54 Å². The van der Waals surface area contributed by atoms with E-state index in [0.717, 1.165) is 50.2 Å². The van der Waals surface area contributed by atoms with Crippen LogP contribution in [0.4, 0.5) is 0 Å². The second-order valence-electron chi connectivity index (χ2n) is 5.68. The zero-order valence-corrected chi connectivity index (χ0v) is 11.6. The van der Waals surface area contributed by atoms with Crippen LogP contribution in [0.15, 0.2) is 24.7 Å². The Balaban J connectivity index is 1.37. The lowest BCUT2D eigenvalue weighted by atomic mass is 10.1. The molecule has 2 aliphatic rings. The minimum absolute atomic E-state index is 0.775. The molecule has 2 saturated heterocycles. The number of nitrogens with zero attached hydrogens (tertiary/aromatic N) is 5. The largest absolute Gasteiger partial charge is 0.314 e. The van der Waals surface area contributed by atoms with E-state index in [1.807, 2.05) is 16.7 Å². The molecule has 2 aromatic heterocycles. The van der Waals surface area contributed by atoms with Gasteiger partial charge in [0.15, 0.2) is 0 Å². The van der Waals surface area contributed by atoms with E-state index in [-0.39, 0.29) is 0 Å². The van der Waals surface area contributed by atoms with Gasteiger partial charge in [0, 0.05) is 70.4 Å². The summed E-state index contributed by atoms with van der Waals surface area (Å²) < 4.78 is 1.99. The van der Waals surface area contributed by atoms with Crippen LogP contribution in [0, 0.1) is 0 Å². The Morgan fingerprint density at radius 1 is 1.20 bits per heavy atom. The van der Waals surface area contributed by atoms with E-state index in [0.29, 0.717) is 0 Å². The summed E-state index contributed by atoms with van der Waals surface area (Å²) >= 11 is 0. The molecule has 1 N–H and O–H groups in total. The Hall–Kier alpha value is -1.50. The molecule has 0 aliphatic carbocycles. The summed E-state index contributed by atoms with van der Waals surface area (Å²) in [6.07, 6.45) is 5.88. The molecular formula is C14H20N6. The van der Waals surface area contributed by atoms with E-state index in [1.165, 1.54) is 13.1 Å². The fraction of sp³-hybridized carbons (Fsp3) is 0.571. The van der Waals surface area contributed by atoms with Gasteiger partial charge in [-0.15, -0.1) is 0 Å². The van der Waals surface area contributed by atoms with Gasteiger partial charge in [-0.3, -0.25) is 14.2 Å². The van der Waals surface area contributed by atoms with Crippen molar-refractivity contribution in [2.24, 2.45) is 0 Å². The van der Waals surface area contributed by atoms with Crippen molar-refractivity contribution in [3.63, 3.8) is 0 Å². The molecule has 0 atom stereocenters. The number of rotatable bonds is 3. The highest BCUT2D eigenvalue weighted by Crippen LogP contribution is 2.12. The van der Waals surface area contributed by atoms with Gasteiger partial charge in [-0.25, -0.2) is 9.97 Å². The van der Waals surface area contributed by atoms with Crippen molar-refractivity contribution >= 4 is 5.78 Å². The van der Waals surface area contributed by atoms with Crippen molar-refractivity contribution in [2.75, 3.05) is 39.3 Å². The van der Waals surface area contributed by atoms with Gasteiger partial charge < -0.3 is 5.32 Å². The quantitative estimate of drug-likeness (QED) is 0.840. The van der Waals surface area contributed by atoms with Gasteiger partial charge in [0.2, 0.25) is 5.78 Å². The minimum atomic E-state index is 0.775. The highest BCUT2D eigenvalue weighted by Gasteiger charge is 2.27. The van der Waals surface area contributed by atoms with Crippen LogP contribution < -0.4 is 5.32 Å². The molecule has 0 spiro atoms. The fourth-order valence-electron chi connectivity index (χ4n) is 3.00. The molecule has 2 fully saturated rings. The van der Waals surface area contributed by atoms with Crippen LogP contribution in [0.5, 0.6) is 0 Å². The SMILES string of the molecule is c1cnc2nc(CN3CCN(C4CNC4)CC3)cn2c1. The predicted molar refractivity (Wildman–Crippen MR) is 76.5 cm³/mol. The monoisotopic (exact) mass is 272 g/mol. The summed E-state index contributed by atoms with van der Waals surface area (Å²) in [6.45, 7) is 7.89. The van der Waals surface area contributed by atoms with Gasteiger partial charge in [0.1, 0.15) is 0 Å². The van der Waals surface area contributed by atoms with Crippen LogP contribution in [0.2, 0.25) is 0 Å². The third-order valence-corrected chi connectivity index (χ3v) is 4.35. The number of piperazine rings is 1. The molecule has 0 radical (unpaired) electrons. The van der Waals surface area contributed by atoms with E-state index in [2.05, 4.69) is 31.3 Å². The summed E-state index contributed by atoms with van der Waals surface area (Å²) in [5.41, 5.74) is 1.11. The van der Waals surface area contributed by atoms with Gasteiger partial charge in [-0.1, -0.05) is 0 Å². The highest BCUT2D eigenvalue weighted by molar-refractivity contribution is 5.29. The predicted octanol–water partition coefficient (Wildman–Crippen LogP) is -0.181. The van der Waals surface area contributed by atoms with E-state index < -0.39 is 0 Å². The first-order valence-corrected chi connectivity index (χ1v) is 7.34. The van der Waals surface area contributed by atoms with E-state index >= 15 is 0 Å². The van der Waals surface area contributed by atoms with Crippen molar-refractivity contribution < 1.29 is 0 Å². The second kappa shape index (κ2) is 5.12. The van der Waals surface area contributed by atoms with Crippen LogP contribution in [0.1, 0.15) is 5.69 Å². The third-order valence-electron chi connectivity index (χ3n) is 4.35. The number of hydrogen-bond acceptors (Lipinski definition) is 5. The molecule has 0 amide bonds. The van der Waals surface area contributed by atoms with E-state index in [4.69, 9.17) is 0 Å². The first-order chi connectivity index (χ1) is 9.88. The lowest BCUT2D eigenvalue weighted by molar-refractivity contribution is 0.0691. The van der Waals surface area contributed by atoms with Gasteiger partial charge in [0.25, 0.3) is 0 Å². The molecule has 0 aromatic carbocycles. The average Bonchev–Trinajstić information content (AvgIpc) is 2.81. The second-order valence-corrected chi connectivity index (χ2v) is 5.68. The lowest BCUT2D eigenvalue weighted by Gasteiger charge is -2.43. The molecule has 0 unspecified atom stereocenters. The minimum Gasteiger partial charge on any atom is -0.314 e. The Bertz CT molecular complexity index is 549. The maximum Gasteiger partial charge on any atom is 0.233 e. The van der Waals surface area contributed by atoms with Crippen LogP contribution in [-0.4, -0.2) is 69.5 Å². The van der Waals surface area contributed by atoms with Crippen molar-refractivity contribution in [3.05, 3.63) is 30.4 Å². The molecule has 6 heteroatoms. The molecular weight excluding hydrogens is 252 g/mol. The average molecular weight is 272 g/mol. The van der Waals surface area contributed by atoms with Crippen molar-refractivity contribution in [3.8, 4) is 0 Å². The number of imidazole rings is 1. The summed E-state index contributed by atoms with van der Waals surface area (Å²) in [4.78, 5) is 13.9. The molecule has 0 saturated carbocycles. The zero-order chi connectivity index (χ0) is 13.4. The van der Waals surface area contributed by atoms with E-state index in [1.54, 1.807) is 6.20 Å². The standard InChI is InChI=1S/C14H20N6/c1-2-16-14-17-12(11-20(14)3-1)10-18-4-6-19(7-5-18)13-8-15-9-13/h1-3,11,13,15H,4-10H2. The molecule has 2 aliphatic heterocycles. The molecule has 20 heavy (non-hydrogen) atoms. The summed E-state index contributed by atoms with van der Waals surface area (Å²) in [5.74, 6) is 0.793. The van der Waals surface area contributed by atoms with Gasteiger partial charge in [-0.2, -0.15) is 0 Å². The summed E-state index contributed by atoms with van der Waals surface area (Å²) in [6, 6.07) is 2.71. The van der Waals surface area contributed by atoms with Gasteiger partial charge >= 0.3 is 0 Å². The first kappa shape index (κ1) is 12.3. The zero-order valence-electron chi connectivity index (χ0n) is 11.6.